The van der Waals surface area contributed by atoms with E-state index < -0.39 is 23.9 Å². The van der Waals surface area contributed by atoms with Gasteiger partial charge in [0.25, 0.3) is 0 Å². The van der Waals surface area contributed by atoms with Crippen LogP contribution in [0.5, 0.6) is 0 Å². The first-order valence-electron chi connectivity index (χ1n) is 3.00. The molecular formula is C4H10AlClN4O5. The number of nitrogens with zero attached hydrogens (tertiary/aromatic N) is 1. The molecule has 0 saturated heterocycles. The lowest BCUT2D eigenvalue weighted by Crippen LogP contribution is -2.66. The number of hydrogen-bond acceptors (Lipinski definition) is 4. The number of primary amides is 2. The average Bonchev–Trinajstić information content (AvgIpc) is 2.00. The lowest BCUT2D eigenvalue weighted by atomic mass is 10.4. The summed E-state index contributed by atoms with van der Waals surface area (Å²) < 4.78 is -0.319. The summed E-state index contributed by atoms with van der Waals surface area (Å²) in [5.74, 6) is -5.20. The first-order valence-corrected chi connectivity index (χ1v) is 3.34. The molecule has 0 aromatic rings. The molecule has 0 aromatic heterocycles. The molecule has 86 valence electrons. The van der Waals surface area contributed by atoms with E-state index in [2.05, 4.69) is 11.5 Å². The predicted molar refractivity (Wildman–Crippen MR) is 52.5 cm³/mol. The van der Waals surface area contributed by atoms with Crippen molar-refractivity contribution >= 4 is 47.2 Å². The van der Waals surface area contributed by atoms with Gasteiger partial charge in [0.1, 0.15) is 0 Å². The molecule has 1 atom stereocenters. The van der Waals surface area contributed by atoms with Gasteiger partial charge in [-0.2, -0.15) is 4.42 Å². The molecule has 0 saturated carbocycles. The van der Waals surface area contributed by atoms with E-state index in [4.69, 9.17) is 16.9 Å². The van der Waals surface area contributed by atoms with Crippen LogP contribution in [0.1, 0.15) is 0 Å². The Balaban J connectivity index is 0. The maximum absolute atomic E-state index is 10.4. The number of rotatable bonds is 3. The van der Waals surface area contributed by atoms with E-state index >= 15 is 0 Å². The highest BCUT2D eigenvalue weighted by molar-refractivity contribution is 6.22. The van der Waals surface area contributed by atoms with Gasteiger partial charge in [-0.15, -0.1) is 0 Å². The second-order valence-electron chi connectivity index (χ2n) is 2.09. The van der Waals surface area contributed by atoms with Gasteiger partial charge in [0.2, 0.25) is 0 Å². The summed E-state index contributed by atoms with van der Waals surface area (Å²) in [6.45, 7) is 0. The zero-order valence-corrected chi connectivity index (χ0v) is 7.35. The van der Waals surface area contributed by atoms with Gasteiger partial charge in [-0.3, -0.25) is 5.32 Å². The SMILES string of the molecule is NC(=O)NC(O)(C(=O)O)N(Cl)C(N)=O.[AlH3]. The standard InChI is InChI=1S/C4H7ClN4O5.Al.3H/c5-9(3(7)13)4(14,1(10)11)8-2(6)12;;;;/h14H,(H2,7,13)(H,10,11)(H3,6,8,12);;;;. The Morgan fingerprint density at radius 3 is 1.93 bits per heavy atom. The minimum absolute atomic E-state index is 0. The Bertz CT molecular complexity index is 288. The molecule has 9 nitrogen and oxygen atoms in total. The summed E-state index contributed by atoms with van der Waals surface area (Å²) in [4.78, 5) is 31.2. The summed E-state index contributed by atoms with van der Waals surface area (Å²) in [7, 11) is 0. The molecule has 0 rings (SSSR count). The fourth-order valence-corrected chi connectivity index (χ4v) is 0.632. The Kier molecular flexibility index (Phi) is 6.08. The second kappa shape index (κ2) is 5.62. The van der Waals surface area contributed by atoms with Crippen LogP contribution in [-0.2, 0) is 4.79 Å². The van der Waals surface area contributed by atoms with Crippen molar-refractivity contribution in [2.75, 3.05) is 0 Å². The molecule has 0 aliphatic carbocycles. The number of nitrogens with one attached hydrogen (secondary N) is 1. The van der Waals surface area contributed by atoms with Gasteiger partial charge in [-0.1, -0.05) is 0 Å². The topological polar surface area (TPSA) is 159 Å². The van der Waals surface area contributed by atoms with Crippen LogP contribution in [0.3, 0.4) is 0 Å². The summed E-state index contributed by atoms with van der Waals surface area (Å²) in [5, 5.41) is 19.0. The van der Waals surface area contributed by atoms with Gasteiger partial charge in [0, 0.05) is 11.8 Å². The maximum atomic E-state index is 10.4. The highest BCUT2D eigenvalue weighted by atomic mass is 35.5. The number of aliphatic hydroxyl groups is 1. The molecule has 0 aromatic carbocycles. The van der Waals surface area contributed by atoms with E-state index in [-0.39, 0.29) is 21.8 Å². The molecule has 0 heterocycles. The highest BCUT2D eigenvalue weighted by Gasteiger charge is 2.46. The van der Waals surface area contributed by atoms with Crippen molar-refractivity contribution in [2.24, 2.45) is 11.5 Å². The predicted octanol–water partition coefficient (Wildman–Crippen LogP) is -3.26. The number of halogens is 1. The van der Waals surface area contributed by atoms with Crippen LogP contribution in [0.4, 0.5) is 9.59 Å². The average molecular weight is 257 g/mol. The van der Waals surface area contributed by atoms with Gasteiger partial charge < -0.3 is 21.7 Å². The molecule has 15 heavy (non-hydrogen) atoms. The van der Waals surface area contributed by atoms with Gasteiger partial charge >= 0.3 is 23.9 Å². The van der Waals surface area contributed by atoms with Gasteiger partial charge in [-0.05, 0) is 0 Å². The van der Waals surface area contributed by atoms with E-state index in [1.165, 1.54) is 5.32 Å². The van der Waals surface area contributed by atoms with Crippen molar-refractivity contribution in [1.29, 1.82) is 0 Å². The Hall–Kier alpha value is -1.21. The number of aliphatic carboxylic acids is 1. The van der Waals surface area contributed by atoms with Crippen molar-refractivity contribution in [3.63, 3.8) is 0 Å². The second-order valence-corrected chi connectivity index (χ2v) is 2.42. The number of carbonyl (C=O) groups is 3. The zero-order chi connectivity index (χ0) is 11.5. The van der Waals surface area contributed by atoms with Crippen LogP contribution >= 0.6 is 11.8 Å². The molecule has 0 fully saturated rings. The monoisotopic (exact) mass is 256 g/mol. The van der Waals surface area contributed by atoms with Crippen LogP contribution in [0, 0.1) is 0 Å². The third kappa shape index (κ3) is 3.80. The van der Waals surface area contributed by atoms with E-state index in [0.29, 0.717) is 0 Å². The van der Waals surface area contributed by atoms with Crippen molar-refractivity contribution in [2.45, 2.75) is 5.85 Å². The van der Waals surface area contributed by atoms with E-state index in [9.17, 15) is 19.5 Å². The highest BCUT2D eigenvalue weighted by Crippen LogP contribution is 2.11. The van der Waals surface area contributed by atoms with Crippen molar-refractivity contribution in [1.82, 2.24) is 9.74 Å². The molecule has 0 spiro atoms. The van der Waals surface area contributed by atoms with E-state index in [1.54, 1.807) is 0 Å². The van der Waals surface area contributed by atoms with Crippen LogP contribution < -0.4 is 16.8 Å². The smallest absolute Gasteiger partial charge is 0.382 e. The van der Waals surface area contributed by atoms with Crippen LogP contribution in [0.15, 0.2) is 0 Å². The van der Waals surface area contributed by atoms with Crippen LogP contribution in [0.2, 0.25) is 0 Å². The first-order chi connectivity index (χ1) is 6.21. The van der Waals surface area contributed by atoms with Crippen molar-refractivity contribution in [3.05, 3.63) is 0 Å². The first kappa shape index (κ1) is 16.2. The fraction of sp³-hybridized carbons (Fsp3) is 0.250. The molecule has 4 amide bonds. The summed E-state index contributed by atoms with van der Waals surface area (Å²) >= 11 is 5.02. The Labute approximate surface area is 99.2 Å². The quantitative estimate of drug-likeness (QED) is 0.203. The number of amides is 4. The largest absolute Gasteiger partial charge is 0.476 e. The van der Waals surface area contributed by atoms with Crippen molar-refractivity contribution < 1.29 is 24.6 Å². The number of carboxylic acids is 1. The lowest BCUT2D eigenvalue weighted by Gasteiger charge is -2.28. The number of urea groups is 2. The lowest BCUT2D eigenvalue weighted by molar-refractivity contribution is -0.172. The minimum Gasteiger partial charge on any atom is -0.476 e. The third-order valence-corrected chi connectivity index (χ3v) is 1.48. The summed E-state index contributed by atoms with van der Waals surface area (Å²) in [6.07, 6.45) is 0. The van der Waals surface area contributed by atoms with E-state index in [1.807, 2.05) is 0 Å². The molecule has 1 unspecified atom stereocenters. The maximum Gasteiger partial charge on any atom is 0.382 e. The molecule has 7 N–H and O–H groups in total. The van der Waals surface area contributed by atoms with Crippen LogP contribution in [-0.4, -0.2) is 55.9 Å². The summed E-state index contributed by atoms with van der Waals surface area (Å²) in [6, 6.07) is -2.88. The number of carboxylic acid groups (broad SMARTS) is 1. The number of nitrogens with two attached hydrogens (primary N) is 2. The Morgan fingerprint density at radius 2 is 1.73 bits per heavy atom. The molecule has 0 aliphatic rings. The number of carbonyl (C=O) groups excluding carboxylic acids is 2. The summed E-state index contributed by atoms with van der Waals surface area (Å²) in [5.41, 5.74) is 9.12. The van der Waals surface area contributed by atoms with Gasteiger partial charge in [0.05, 0.1) is 0 Å². The normalized spacial score (nSPS) is 12.9. The number of hydrogen-bond donors (Lipinski definition) is 5. The van der Waals surface area contributed by atoms with Crippen molar-refractivity contribution in [3.8, 4) is 0 Å². The Morgan fingerprint density at radius 1 is 1.33 bits per heavy atom. The molecule has 0 bridgehead atoms. The molecule has 0 radical (unpaired) electrons. The molecular weight excluding hydrogens is 247 g/mol. The van der Waals surface area contributed by atoms with Crippen LogP contribution in [0.25, 0.3) is 0 Å². The third-order valence-electron chi connectivity index (χ3n) is 1.07. The molecule has 0 aliphatic heterocycles. The minimum atomic E-state index is -3.18. The fourth-order valence-electron chi connectivity index (χ4n) is 0.518. The zero-order valence-electron chi connectivity index (χ0n) is 6.60. The van der Waals surface area contributed by atoms with Gasteiger partial charge in [0.15, 0.2) is 17.4 Å². The molecule has 11 heteroatoms. The van der Waals surface area contributed by atoms with E-state index in [0.717, 1.165) is 0 Å². The van der Waals surface area contributed by atoms with Gasteiger partial charge in [-0.25, -0.2) is 14.4 Å².